The topological polar surface area (TPSA) is 175 Å². The van der Waals surface area contributed by atoms with Gasteiger partial charge in [-0.2, -0.15) is 0 Å². The maximum absolute atomic E-state index is 13.0. The van der Waals surface area contributed by atoms with Gasteiger partial charge in [-0.25, -0.2) is 0 Å². The van der Waals surface area contributed by atoms with Gasteiger partial charge in [-0.1, -0.05) is 178 Å². The smallest absolute Gasteiger partial charge is 0.305 e. The number of aliphatic hydroxyl groups is 5. The second-order valence-electron chi connectivity index (χ2n) is 17.8. The molecule has 0 spiro atoms. The van der Waals surface area contributed by atoms with Gasteiger partial charge in [0.1, 0.15) is 24.4 Å². The highest BCUT2D eigenvalue weighted by Crippen LogP contribution is 2.23. The summed E-state index contributed by atoms with van der Waals surface area (Å²) in [6.45, 7) is 4.15. The van der Waals surface area contributed by atoms with Crippen LogP contribution >= 0.6 is 0 Å². The van der Waals surface area contributed by atoms with Gasteiger partial charge in [0.05, 0.1) is 32.0 Å². The van der Waals surface area contributed by atoms with E-state index in [0.29, 0.717) is 25.9 Å². The minimum atomic E-state index is -1.58. The number of unbranched alkanes of at least 4 members (excludes halogenated alkanes) is 23. The molecule has 0 aliphatic carbocycles. The van der Waals surface area contributed by atoms with Crippen LogP contribution in [0.3, 0.4) is 0 Å². The third kappa shape index (κ3) is 33.1. The molecule has 1 aliphatic heterocycles. The van der Waals surface area contributed by atoms with Gasteiger partial charge < -0.3 is 45.1 Å². The number of esters is 1. The number of hydrogen-bond acceptors (Lipinski definition) is 10. The van der Waals surface area contributed by atoms with Crippen molar-refractivity contribution in [1.82, 2.24) is 5.32 Å². The Kier molecular flexibility index (Phi) is 40.3. The summed E-state index contributed by atoms with van der Waals surface area (Å²) in [7, 11) is 0. The Morgan fingerprint density at radius 2 is 1.05 bits per heavy atom. The third-order valence-electron chi connectivity index (χ3n) is 11.9. The van der Waals surface area contributed by atoms with E-state index in [1.807, 2.05) is 6.08 Å². The lowest BCUT2D eigenvalue weighted by atomic mass is 9.99. The summed E-state index contributed by atoms with van der Waals surface area (Å²) in [5.74, 6) is -0.247. The van der Waals surface area contributed by atoms with E-state index in [4.69, 9.17) is 14.2 Å². The first-order valence-corrected chi connectivity index (χ1v) is 25.9. The second-order valence-corrected chi connectivity index (χ2v) is 17.8. The molecule has 1 fully saturated rings. The van der Waals surface area contributed by atoms with Gasteiger partial charge in [0.15, 0.2) is 6.29 Å². The summed E-state index contributed by atoms with van der Waals surface area (Å²) in [6.07, 6.45) is 41.9. The Bertz CT molecular complexity index is 1210. The molecule has 7 atom stereocenters. The van der Waals surface area contributed by atoms with E-state index < -0.39 is 49.5 Å². The highest BCUT2D eigenvalue weighted by molar-refractivity contribution is 5.76. The van der Waals surface area contributed by atoms with Crippen molar-refractivity contribution in [3.05, 3.63) is 48.6 Å². The number of carbonyl (C=O) groups excluding carboxylic acids is 2. The Labute approximate surface area is 389 Å². The molecule has 1 rings (SSSR count). The largest absolute Gasteiger partial charge is 0.466 e. The van der Waals surface area contributed by atoms with Gasteiger partial charge in [0.2, 0.25) is 5.91 Å². The van der Waals surface area contributed by atoms with Gasteiger partial charge >= 0.3 is 5.97 Å². The SMILES string of the molecule is CCC/C=C/CC/C=C/CC/C=C/C(O)C(COC1OC(CO)C(O)C(O)C1O)NC(=O)CCCCCCCCCCCCCCCCOC(=O)CCCCCCC/C=C\CCCC. The van der Waals surface area contributed by atoms with Crippen molar-refractivity contribution in [3.8, 4) is 0 Å². The molecule has 0 radical (unpaired) electrons. The van der Waals surface area contributed by atoms with Gasteiger partial charge in [0, 0.05) is 12.8 Å². The number of aliphatic hydroxyl groups excluding tert-OH is 5. The van der Waals surface area contributed by atoms with Crippen LogP contribution in [-0.4, -0.2) is 100 Å². The van der Waals surface area contributed by atoms with E-state index in [1.54, 1.807) is 6.08 Å². The Morgan fingerprint density at radius 1 is 0.562 bits per heavy atom. The van der Waals surface area contributed by atoms with Crippen molar-refractivity contribution in [2.45, 2.75) is 256 Å². The van der Waals surface area contributed by atoms with Crippen LogP contribution in [0.2, 0.25) is 0 Å². The summed E-state index contributed by atoms with van der Waals surface area (Å²) < 4.78 is 16.6. The molecule has 11 heteroatoms. The van der Waals surface area contributed by atoms with Crippen molar-refractivity contribution in [3.63, 3.8) is 0 Å². The second kappa shape index (κ2) is 43.2. The summed E-state index contributed by atoms with van der Waals surface area (Å²) >= 11 is 0. The molecule has 0 aromatic rings. The molecule has 0 aromatic heterocycles. The van der Waals surface area contributed by atoms with Crippen LogP contribution in [0, 0.1) is 0 Å². The van der Waals surface area contributed by atoms with Crippen LogP contribution in [0.1, 0.15) is 213 Å². The summed E-state index contributed by atoms with van der Waals surface area (Å²) in [4.78, 5) is 25.0. The van der Waals surface area contributed by atoms with E-state index in [9.17, 15) is 35.1 Å². The third-order valence-corrected chi connectivity index (χ3v) is 11.9. The molecule has 1 saturated heterocycles. The molecule has 64 heavy (non-hydrogen) atoms. The molecule has 0 saturated carbocycles. The molecule has 372 valence electrons. The van der Waals surface area contributed by atoms with E-state index in [0.717, 1.165) is 83.5 Å². The Balaban J connectivity index is 2.17. The maximum Gasteiger partial charge on any atom is 0.305 e. The first-order chi connectivity index (χ1) is 31.2. The molecule has 0 aromatic carbocycles. The highest BCUT2D eigenvalue weighted by Gasteiger charge is 2.44. The van der Waals surface area contributed by atoms with Crippen molar-refractivity contribution in [2.24, 2.45) is 0 Å². The zero-order valence-corrected chi connectivity index (χ0v) is 40.5. The standard InChI is InChI=1S/C53H95NO10/c1-3-5-7-9-11-13-19-23-27-31-35-39-46(56)45(44-63-53-52(61)51(60)50(59)47(43-55)64-53)54-48(57)40-36-32-28-24-21-17-15-16-18-22-26-30-34-38-42-62-49(58)41-37-33-29-25-20-14-12-10-8-6-4-2/h7,9-10,12,19,23,35,39,45-47,50-53,55-56,59-61H,3-6,8,11,13-18,20-22,24-34,36-38,40-44H2,1-2H3,(H,54,57)/b9-7+,12-10-,23-19+,39-35+. The molecule has 6 N–H and O–H groups in total. The summed E-state index contributed by atoms with van der Waals surface area (Å²) in [5.41, 5.74) is 0. The minimum Gasteiger partial charge on any atom is -0.466 e. The van der Waals surface area contributed by atoms with Crippen LogP contribution in [0.15, 0.2) is 48.6 Å². The minimum absolute atomic E-state index is 0.0366. The molecule has 1 amide bonds. The van der Waals surface area contributed by atoms with E-state index >= 15 is 0 Å². The lowest BCUT2D eigenvalue weighted by Crippen LogP contribution is -2.60. The number of rotatable bonds is 43. The predicted molar refractivity (Wildman–Crippen MR) is 260 cm³/mol. The van der Waals surface area contributed by atoms with E-state index in [1.165, 1.54) is 96.3 Å². The number of allylic oxidation sites excluding steroid dienone is 7. The van der Waals surface area contributed by atoms with Crippen LogP contribution in [0.5, 0.6) is 0 Å². The average molecular weight is 906 g/mol. The monoisotopic (exact) mass is 906 g/mol. The number of amides is 1. The molecular formula is C53H95NO10. The van der Waals surface area contributed by atoms with Crippen molar-refractivity contribution >= 4 is 11.9 Å². The number of nitrogens with one attached hydrogen (secondary N) is 1. The van der Waals surface area contributed by atoms with E-state index in [-0.39, 0.29) is 18.5 Å². The van der Waals surface area contributed by atoms with E-state index in [2.05, 4.69) is 55.6 Å². The lowest BCUT2D eigenvalue weighted by Gasteiger charge is -2.40. The summed E-state index contributed by atoms with van der Waals surface area (Å²) in [5, 5.41) is 54.1. The zero-order valence-electron chi connectivity index (χ0n) is 40.5. The highest BCUT2D eigenvalue weighted by atomic mass is 16.7. The first-order valence-electron chi connectivity index (χ1n) is 25.9. The molecule has 1 heterocycles. The average Bonchev–Trinajstić information content (AvgIpc) is 3.29. The van der Waals surface area contributed by atoms with Gasteiger partial charge in [-0.05, 0) is 70.6 Å². The molecule has 11 nitrogen and oxygen atoms in total. The van der Waals surface area contributed by atoms with Crippen molar-refractivity contribution in [1.29, 1.82) is 0 Å². The predicted octanol–water partition coefficient (Wildman–Crippen LogP) is 10.5. The van der Waals surface area contributed by atoms with Crippen LogP contribution in [0.4, 0.5) is 0 Å². The molecule has 0 bridgehead atoms. The van der Waals surface area contributed by atoms with Crippen LogP contribution in [0.25, 0.3) is 0 Å². The van der Waals surface area contributed by atoms with Crippen LogP contribution < -0.4 is 5.32 Å². The molecule has 1 aliphatic rings. The molecular weight excluding hydrogens is 811 g/mol. The fraction of sp³-hybridized carbons (Fsp3) is 0.811. The van der Waals surface area contributed by atoms with Crippen molar-refractivity contribution < 1.29 is 49.3 Å². The fourth-order valence-electron chi connectivity index (χ4n) is 7.69. The maximum atomic E-state index is 13.0. The van der Waals surface area contributed by atoms with Crippen molar-refractivity contribution in [2.75, 3.05) is 19.8 Å². The number of ether oxygens (including phenoxy) is 3. The Hall–Kier alpha value is -2.38. The fourth-order valence-corrected chi connectivity index (χ4v) is 7.69. The normalized spacial score (nSPS) is 20.3. The van der Waals surface area contributed by atoms with Gasteiger partial charge in [-0.3, -0.25) is 9.59 Å². The quantitative estimate of drug-likeness (QED) is 0.0196. The first kappa shape index (κ1) is 59.6. The van der Waals surface area contributed by atoms with Gasteiger partial charge in [-0.15, -0.1) is 0 Å². The molecule has 7 unspecified atom stereocenters. The number of carbonyl (C=O) groups is 2. The summed E-state index contributed by atoms with van der Waals surface area (Å²) in [6, 6.07) is -0.842. The lowest BCUT2D eigenvalue weighted by molar-refractivity contribution is -0.302. The van der Waals surface area contributed by atoms with Gasteiger partial charge in [0.25, 0.3) is 0 Å². The zero-order chi connectivity index (χ0) is 46.7. The Morgan fingerprint density at radius 3 is 1.61 bits per heavy atom. The number of hydrogen-bond donors (Lipinski definition) is 6. The van der Waals surface area contributed by atoms with Crippen LogP contribution in [-0.2, 0) is 23.8 Å².